The second-order valence-corrected chi connectivity index (χ2v) is 6.39. The number of unbranched alkanes of at least 4 members (excludes halogenated alkanes) is 1. The molecule has 0 N–H and O–H groups in total. The largest absolute Gasteiger partial charge is 0.465 e. The first-order valence-corrected chi connectivity index (χ1v) is 7.04. The fraction of sp³-hybridized carbons (Fsp3) is 0.933. The maximum Gasteiger partial charge on any atom is 0.305 e. The van der Waals surface area contributed by atoms with Crippen molar-refractivity contribution in [2.75, 3.05) is 6.61 Å². The van der Waals surface area contributed by atoms with E-state index in [2.05, 4.69) is 34.6 Å². The zero-order valence-electron chi connectivity index (χ0n) is 12.1. The molecule has 0 bridgehead atoms. The fourth-order valence-corrected chi connectivity index (χ4v) is 2.97. The van der Waals surface area contributed by atoms with Crippen LogP contribution in [0.2, 0.25) is 0 Å². The van der Waals surface area contributed by atoms with Gasteiger partial charge < -0.3 is 4.74 Å². The molecule has 3 atom stereocenters. The summed E-state index contributed by atoms with van der Waals surface area (Å²) in [7, 11) is 0. The van der Waals surface area contributed by atoms with Crippen LogP contribution in [0.4, 0.5) is 0 Å². The van der Waals surface area contributed by atoms with Gasteiger partial charge in [0, 0.05) is 6.42 Å². The van der Waals surface area contributed by atoms with E-state index < -0.39 is 0 Å². The van der Waals surface area contributed by atoms with Crippen molar-refractivity contribution in [1.29, 1.82) is 0 Å². The van der Waals surface area contributed by atoms with Crippen molar-refractivity contribution >= 4 is 5.97 Å². The molecule has 0 amide bonds. The Morgan fingerprint density at radius 3 is 2.47 bits per heavy atom. The van der Waals surface area contributed by atoms with Crippen LogP contribution < -0.4 is 0 Å². The molecule has 1 rings (SSSR count). The Hall–Kier alpha value is -0.530. The quantitative estimate of drug-likeness (QED) is 0.678. The van der Waals surface area contributed by atoms with Gasteiger partial charge in [-0.25, -0.2) is 0 Å². The average molecular weight is 240 g/mol. The smallest absolute Gasteiger partial charge is 0.305 e. The Bertz CT molecular complexity index is 258. The van der Waals surface area contributed by atoms with E-state index in [0.29, 0.717) is 36.2 Å². The Morgan fingerprint density at radius 1 is 1.35 bits per heavy atom. The van der Waals surface area contributed by atoms with Crippen molar-refractivity contribution in [3.8, 4) is 0 Å². The minimum absolute atomic E-state index is 0.0172. The third-order valence-corrected chi connectivity index (χ3v) is 4.75. The molecule has 100 valence electrons. The van der Waals surface area contributed by atoms with Gasteiger partial charge in [0.25, 0.3) is 0 Å². The molecule has 1 aliphatic rings. The number of carbonyl (C=O) groups excluding carboxylic acids is 1. The first-order chi connectivity index (χ1) is 7.88. The average Bonchev–Trinajstić information content (AvgIpc) is 2.47. The highest BCUT2D eigenvalue weighted by Gasteiger charge is 2.43. The first kappa shape index (κ1) is 14.5. The minimum atomic E-state index is -0.0172. The lowest BCUT2D eigenvalue weighted by atomic mass is 9.81. The van der Waals surface area contributed by atoms with Gasteiger partial charge >= 0.3 is 5.97 Å². The Balaban J connectivity index is 2.36. The van der Waals surface area contributed by atoms with E-state index in [1.165, 1.54) is 6.42 Å². The van der Waals surface area contributed by atoms with E-state index in [9.17, 15) is 4.79 Å². The third-order valence-electron chi connectivity index (χ3n) is 4.75. The number of ether oxygens (including phenoxy) is 1. The Morgan fingerprint density at radius 2 is 2.00 bits per heavy atom. The molecule has 17 heavy (non-hydrogen) atoms. The number of rotatable bonds is 5. The molecule has 0 spiro atoms. The fourth-order valence-electron chi connectivity index (χ4n) is 2.97. The molecule has 1 fully saturated rings. The van der Waals surface area contributed by atoms with E-state index >= 15 is 0 Å². The van der Waals surface area contributed by atoms with Gasteiger partial charge in [0.05, 0.1) is 6.61 Å². The van der Waals surface area contributed by atoms with Gasteiger partial charge in [0.15, 0.2) is 0 Å². The van der Waals surface area contributed by atoms with E-state index in [1.54, 1.807) is 0 Å². The summed E-state index contributed by atoms with van der Waals surface area (Å²) in [6.45, 7) is 12.0. The third kappa shape index (κ3) is 3.72. The highest BCUT2D eigenvalue weighted by molar-refractivity contribution is 5.69. The van der Waals surface area contributed by atoms with Crippen molar-refractivity contribution in [2.24, 2.45) is 23.2 Å². The number of carbonyl (C=O) groups is 1. The molecular weight excluding hydrogens is 212 g/mol. The van der Waals surface area contributed by atoms with Crippen LogP contribution in [0, 0.1) is 23.2 Å². The van der Waals surface area contributed by atoms with Crippen molar-refractivity contribution in [3.05, 3.63) is 0 Å². The van der Waals surface area contributed by atoms with Crippen LogP contribution in [0.5, 0.6) is 0 Å². The van der Waals surface area contributed by atoms with Crippen LogP contribution in [0.1, 0.15) is 60.3 Å². The lowest BCUT2D eigenvalue weighted by Crippen LogP contribution is -2.18. The summed E-state index contributed by atoms with van der Waals surface area (Å²) in [4.78, 5) is 11.5. The summed E-state index contributed by atoms with van der Waals surface area (Å²) in [5, 5.41) is 0. The lowest BCUT2D eigenvalue weighted by molar-refractivity contribution is -0.145. The van der Waals surface area contributed by atoms with Gasteiger partial charge in [-0.05, 0) is 36.0 Å². The summed E-state index contributed by atoms with van der Waals surface area (Å²) < 4.78 is 5.40. The molecule has 0 aliphatic heterocycles. The summed E-state index contributed by atoms with van der Waals surface area (Å²) >= 11 is 0. The van der Waals surface area contributed by atoms with E-state index in [4.69, 9.17) is 4.74 Å². The van der Waals surface area contributed by atoms with Crippen LogP contribution in [0.15, 0.2) is 0 Å². The second-order valence-electron chi connectivity index (χ2n) is 6.39. The molecule has 0 saturated heterocycles. The Labute approximate surface area is 106 Å². The van der Waals surface area contributed by atoms with Gasteiger partial charge in [-0.2, -0.15) is 0 Å². The number of hydrogen-bond donors (Lipinski definition) is 0. The van der Waals surface area contributed by atoms with Gasteiger partial charge in [0.2, 0.25) is 0 Å². The van der Waals surface area contributed by atoms with Crippen LogP contribution in [-0.4, -0.2) is 12.6 Å². The van der Waals surface area contributed by atoms with Crippen molar-refractivity contribution < 1.29 is 9.53 Å². The van der Waals surface area contributed by atoms with Gasteiger partial charge in [0.1, 0.15) is 0 Å². The second kappa shape index (κ2) is 5.88. The normalized spacial score (nSPS) is 31.5. The molecule has 2 nitrogen and oxygen atoms in total. The standard InChI is InChI=1S/C15H28O2/c1-6-7-8-14(16)17-10-13-9-15(4,5)12(3)11(13)2/h11-13H,6-10H2,1-5H3. The lowest BCUT2D eigenvalue weighted by Gasteiger charge is -2.25. The molecule has 1 saturated carbocycles. The molecular formula is C15H28O2. The monoisotopic (exact) mass is 240 g/mol. The minimum Gasteiger partial charge on any atom is -0.465 e. The molecule has 0 aromatic carbocycles. The van der Waals surface area contributed by atoms with Crippen LogP contribution in [0.25, 0.3) is 0 Å². The first-order valence-electron chi connectivity index (χ1n) is 7.04. The van der Waals surface area contributed by atoms with Crippen LogP contribution in [-0.2, 0) is 9.53 Å². The van der Waals surface area contributed by atoms with E-state index in [0.717, 1.165) is 12.8 Å². The SMILES string of the molecule is CCCCC(=O)OCC1CC(C)(C)C(C)C1C. The molecule has 0 aromatic heterocycles. The zero-order chi connectivity index (χ0) is 13.1. The predicted octanol–water partition coefficient (Wildman–Crippen LogP) is 4.04. The molecule has 3 unspecified atom stereocenters. The summed E-state index contributed by atoms with van der Waals surface area (Å²) in [6.07, 6.45) is 3.76. The molecule has 0 aromatic rings. The summed E-state index contributed by atoms with van der Waals surface area (Å²) in [5.74, 6) is 1.90. The summed E-state index contributed by atoms with van der Waals surface area (Å²) in [6, 6.07) is 0. The Kier molecular flexibility index (Phi) is 5.03. The number of hydrogen-bond acceptors (Lipinski definition) is 2. The molecule has 1 aliphatic carbocycles. The van der Waals surface area contributed by atoms with E-state index in [1.807, 2.05) is 0 Å². The maximum atomic E-state index is 11.5. The van der Waals surface area contributed by atoms with Crippen LogP contribution in [0.3, 0.4) is 0 Å². The van der Waals surface area contributed by atoms with Gasteiger partial charge in [-0.15, -0.1) is 0 Å². The molecule has 0 heterocycles. The highest BCUT2D eigenvalue weighted by Crippen LogP contribution is 2.49. The predicted molar refractivity (Wildman–Crippen MR) is 70.7 cm³/mol. The summed E-state index contributed by atoms with van der Waals surface area (Å²) in [5.41, 5.74) is 0.389. The van der Waals surface area contributed by atoms with Crippen molar-refractivity contribution in [2.45, 2.75) is 60.3 Å². The zero-order valence-corrected chi connectivity index (χ0v) is 12.1. The number of esters is 1. The van der Waals surface area contributed by atoms with Crippen molar-refractivity contribution in [1.82, 2.24) is 0 Å². The highest BCUT2D eigenvalue weighted by atomic mass is 16.5. The van der Waals surface area contributed by atoms with Crippen LogP contribution >= 0.6 is 0 Å². The maximum absolute atomic E-state index is 11.5. The van der Waals surface area contributed by atoms with E-state index in [-0.39, 0.29) is 5.97 Å². The van der Waals surface area contributed by atoms with Gasteiger partial charge in [-0.1, -0.05) is 41.0 Å². The topological polar surface area (TPSA) is 26.3 Å². The molecule has 0 radical (unpaired) electrons. The van der Waals surface area contributed by atoms with Crippen molar-refractivity contribution in [3.63, 3.8) is 0 Å². The van der Waals surface area contributed by atoms with Gasteiger partial charge in [-0.3, -0.25) is 4.79 Å². The molecule has 2 heteroatoms.